The lowest BCUT2D eigenvalue weighted by Gasteiger charge is -2.07. The normalized spacial score (nSPS) is 10.1. The van der Waals surface area contributed by atoms with Crippen LogP contribution in [0.25, 0.3) is 0 Å². The number of benzene rings is 1. The van der Waals surface area contributed by atoms with Crippen LogP contribution in [0.5, 0.6) is 5.75 Å². The van der Waals surface area contributed by atoms with E-state index >= 15 is 0 Å². The first-order valence-electron chi connectivity index (χ1n) is 4.97. The molecule has 0 saturated heterocycles. The molecule has 0 fully saturated rings. The van der Waals surface area contributed by atoms with Crippen molar-refractivity contribution in [3.8, 4) is 5.75 Å². The monoisotopic (exact) mass is 282 g/mol. The lowest BCUT2D eigenvalue weighted by Crippen LogP contribution is -2.12. The summed E-state index contributed by atoms with van der Waals surface area (Å²) in [5.74, 6) is -0.636. The molecule has 0 unspecified atom stereocenters. The number of anilines is 1. The third kappa shape index (κ3) is 2.72. The summed E-state index contributed by atoms with van der Waals surface area (Å²) in [6.07, 6.45) is 2.62. The van der Waals surface area contributed by atoms with Crippen LogP contribution in [0, 0.1) is 0 Å². The van der Waals surface area contributed by atoms with E-state index in [4.69, 9.17) is 23.2 Å². The zero-order valence-electron chi connectivity index (χ0n) is 9.02. The van der Waals surface area contributed by atoms with Gasteiger partial charge in [-0.1, -0.05) is 23.2 Å². The SMILES string of the molecule is O=C(Nc1ccc(Cl)c(Cl)c1)c1ccncc1O. The number of nitrogens with zero attached hydrogens (tertiary/aromatic N) is 1. The van der Waals surface area contributed by atoms with Crippen molar-refractivity contribution in [3.63, 3.8) is 0 Å². The first-order chi connectivity index (χ1) is 8.58. The molecule has 1 aromatic carbocycles. The lowest BCUT2D eigenvalue weighted by molar-refractivity contribution is 0.102. The van der Waals surface area contributed by atoms with Crippen LogP contribution >= 0.6 is 23.2 Å². The number of halogens is 2. The molecule has 0 aliphatic heterocycles. The van der Waals surface area contributed by atoms with E-state index in [-0.39, 0.29) is 11.3 Å². The van der Waals surface area contributed by atoms with Crippen molar-refractivity contribution in [1.29, 1.82) is 0 Å². The maximum Gasteiger partial charge on any atom is 0.259 e. The number of pyridine rings is 1. The molecule has 0 bridgehead atoms. The van der Waals surface area contributed by atoms with Crippen LogP contribution < -0.4 is 5.32 Å². The molecule has 1 aromatic heterocycles. The van der Waals surface area contributed by atoms with Gasteiger partial charge in [-0.25, -0.2) is 0 Å². The molecule has 0 atom stereocenters. The Labute approximate surface area is 113 Å². The van der Waals surface area contributed by atoms with Gasteiger partial charge in [0.25, 0.3) is 5.91 Å². The van der Waals surface area contributed by atoms with Gasteiger partial charge in [0.05, 0.1) is 21.8 Å². The fourth-order valence-electron chi connectivity index (χ4n) is 1.35. The molecule has 6 heteroatoms. The van der Waals surface area contributed by atoms with E-state index < -0.39 is 5.91 Å². The van der Waals surface area contributed by atoms with Crippen molar-refractivity contribution in [1.82, 2.24) is 4.98 Å². The average Bonchev–Trinajstić information content (AvgIpc) is 2.34. The van der Waals surface area contributed by atoms with E-state index in [9.17, 15) is 9.90 Å². The van der Waals surface area contributed by atoms with Crippen LogP contribution in [-0.4, -0.2) is 16.0 Å². The smallest absolute Gasteiger partial charge is 0.259 e. The lowest BCUT2D eigenvalue weighted by atomic mass is 10.2. The Kier molecular flexibility index (Phi) is 3.69. The van der Waals surface area contributed by atoms with Gasteiger partial charge in [0.15, 0.2) is 0 Å². The van der Waals surface area contributed by atoms with Crippen molar-refractivity contribution in [2.45, 2.75) is 0 Å². The standard InChI is InChI=1S/C12H8Cl2N2O2/c13-9-2-1-7(5-10(9)14)16-12(18)8-3-4-15-6-11(8)17/h1-6,17H,(H,16,18). The molecule has 1 heterocycles. The maximum absolute atomic E-state index is 11.9. The Bertz CT molecular complexity index is 602. The quantitative estimate of drug-likeness (QED) is 0.888. The Morgan fingerprint density at radius 1 is 1.22 bits per heavy atom. The molecule has 92 valence electrons. The average molecular weight is 283 g/mol. The second-order valence-electron chi connectivity index (χ2n) is 3.48. The van der Waals surface area contributed by atoms with Crippen molar-refractivity contribution < 1.29 is 9.90 Å². The Balaban J connectivity index is 2.22. The predicted molar refractivity (Wildman–Crippen MR) is 70.3 cm³/mol. The zero-order chi connectivity index (χ0) is 13.1. The molecular formula is C12H8Cl2N2O2. The molecule has 0 aliphatic carbocycles. The van der Waals surface area contributed by atoms with Crippen molar-refractivity contribution in [3.05, 3.63) is 52.3 Å². The first-order valence-corrected chi connectivity index (χ1v) is 5.73. The number of amides is 1. The minimum Gasteiger partial charge on any atom is -0.505 e. The maximum atomic E-state index is 11.9. The highest BCUT2D eigenvalue weighted by molar-refractivity contribution is 6.42. The van der Waals surface area contributed by atoms with Gasteiger partial charge in [-0.2, -0.15) is 0 Å². The summed E-state index contributed by atoms with van der Waals surface area (Å²) in [6, 6.07) is 6.14. The number of hydrogen-bond donors (Lipinski definition) is 2. The fraction of sp³-hybridized carbons (Fsp3) is 0. The predicted octanol–water partition coefficient (Wildman–Crippen LogP) is 3.35. The second-order valence-corrected chi connectivity index (χ2v) is 4.29. The van der Waals surface area contributed by atoms with Gasteiger partial charge in [0.2, 0.25) is 0 Å². The van der Waals surface area contributed by atoms with E-state index in [1.807, 2.05) is 0 Å². The highest BCUT2D eigenvalue weighted by Crippen LogP contribution is 2.25. The van der Waals surface area contributed by atoms with Gasteiger partial charge in [-0.05, 0) is 24.3 Å². The van der Waals surface area contributed by atoms with Gasteiger partial charge >= 0.3 is 0 Å². The summed E-state index contributed by atoms with van der Waals surface area (Å²) in [4.78, 5) is 15.5. The Morgan fingerprint density at radius 2 is 2.00 bits per heavy atom. The summed E-state index contributed by atoms with van der Waals surface area (Å²) in [7, 11) is 0. The molecule has 4 nitrogen and oxygen atoms in total. The largest absolute Gasteiger partial charge is 0.505 e. The summed E-state index contributed by atoms with van der Waals surface area (Å²) in [6.45, 7) is 0. The second kappa shape index (κ2) is 5.25. The molecule has 2 N–H and O–H groups in total. The minimum absolute atomic E-state index is 0.135. The molecule has 1 amide bonds. The van der Waals surface area contributed by atoms with E-state index in [1.54, 1.807) is 12.1 Å². The van der Waals surface area contributed by atoms with Gasteiger partial charge in [-0.3, -0.25) is 9.78 Å². The number of aromatic hydroxyl groups is 1. The van der Waals surface area contributed by atoms with Gasteiger partial charge in [-0.15, -0.1) is 0 Å². The van der Waals surface area contributed by atoms with Crippen LogP contribution in [0.15, 0.2) is 36.7 Å². The van der Waals surface area contributed by atoms with Crippen LogP contribution in [0.4, 0.5) is 5.69 Å². The summed E-state index contributed by atoms with van der Waals surface area (Å²) >= 11 is 11.6. The zero-order valence-corrected chi connectivity index (χ0v) is 10.5. The third-order valence-electron chi connectivity index (χ3n) is 2.22. The van der Waals surface area contributed by atoms with Crippen LogP contribution in [0.2, 0.25) is 10.0 Å². The van der Waals surface area contributed by atoms with E-state index in [1.165, 1.54) is 24.5 Å². The Morgan fingerprint density at radius 3 is 2.67 bits per heavy atom. The van der Waals surface area contributed by atoms with E-state index in [2.05, 4.69) is 10.3 Å². The molecule has 0 saturated carbocycles. The summed E-state index contributed by atoms with van der Waals surface area (Å²) in [5, 5.41) is 12.8. The molecule has 0 spiro atoms. The van der Waals surface area contributed by atoms with E-state index in [0.717, 1.165) is 0 Å². The molecule has 0 aliphatic rings. The number of carbonyl (C=O) groups is 1. The summed E-state index contributed by atoms with van der Waals surface area (Å²) in [5.41, 5.74) is 0.627. The Hall–Kier alpha value is -1.78. The van der Waals surface area contributed by atoms with Gasteiger partial charge in [0, 0.05) is 11.9 Å². The minimum atomic E-state index is -0.451. The van der Waals surface area contributed by atoms with Crippen LogP contribution in [-0.2, 0) is 0 Å². The first kappa shape index (κ1) is 12.7. The van der Waals surface area contributed by atoms with Gasteiger partial charge in [0.1, 0.15) is 5.75 Å². The topological polar surface area (TPSA) is 62.2 Å². The molecule has 2 aromatic rings. The highest BCUT2D eigenvalue weighted by atomic mass is 35.5. The fourth-order valence-corrected chi connectivity index (χ4v) is 1.65. The number of nitrogens with one attached hydrogen (secondary N) is 1. The number of aromatic nitrogens is 1. The number of rotatable bonds is 2. The molecule has 18 heavy (non-hydrogen) atoms. The summed E-state index contributed by atoms with van der Waals surface area (Å²) < 4.78 is 0. The molecule has 0 radical (unpaired) electrons. The van der Waals surface area contributed by atoms with Gasteiger partial charge < -0.3 is 10.4 Å². The van der Waals surface area contributed by atoms with Crippen molar-refractivity contribution in [2.75, 3.05) is 5.32 Å². The highest BCUT2D eigenvalue weighted by Gasteiger charge is 2.11. The number of hydrogen-bond acceptors (Lipinski definition) is 3. The van der Waals surface area contributed by atoms with Crippen LogP contribution in [0.3, 0.4) is 0 Å². The van der Waals surface area contributed by atoms with Crippen molar-refractivity contribution >= 4 is 34.8 Å². The third-order valence-corrected chi connectivity index (χ3v) is 2.96. The molecule has 2 rings (SSSR count). The van der Waals surface area contributed by atoms with Crippen molar-refractivity contribution in [2.24, 2.45) is 0 Å². The number of carbonyl (C=O) groups excluding carboxylic acids is 1. The van der Waals surface area contributed by atoms with E-state index in [0.29, 0.717) is 15.7 Å². The molecular weight excluding hydrogens is 275 g/mol. The van der Waals surface area contributed by atoms with Crippen LogP contribution in [0.1, 0.15) is 10.4 Å².